The molecule has 1 aromatic rings. The molecule has 1 atom stereocenters. The third-order valence-electron chi connectivity index (χ3n) is 4.53. The molecule has 8 nitrogen and oxygen atoms in total. The van der Waals surface area contributed by atoms with E-state index in [1.165, 1.54) is 10.4 Å². The zero-order chi connectivity index (χ0) is 19.1. The van der Waals surface area contributed by atoms with E-state index in [0.717, 1.165) is 16.7 Å². The standard InChI is InChI=1S/C17H20N2O6S/c1-11-8-13-9-12(5-6-14(13)19(11)26(2,23)24)17(22)25-10-16(21)18-7-3-4-15(18)20/h5-6,9,11H,3-4,7-8,10H2,1-2H3/t11-/m1/s1. The number of carbonyl (C=O) groups is 3. The van der Waals surface area contributed by atoms with Crippen molar-refractivity contribution in [3.8, 4) is 0 Å². The summed E-state index contributed by atoms with van der Waals surface area (Å²) in [5.41, 5.74) is 1.53. The summed E-state index contributed by atoms with van der Waals surface area (Å²) in [4.78, 5) is 36.7. The van der Waals surface area contributed by atoms with Crippen LogP contribution >= 0.6 is 0 Å². The van der Waals surface area contributed by atoms with Gasteiger partial charge in [0.2, 0.25) is 15.9 Å². The number of anilines is 1. The van der Waals surface area contributed by atoms with Crippen LogP contribution in [0.1, 0.15) is 35.7 Å². The van der Waals surface area contributed by atoms with Crippen LogP contribution in [-0.2, 0) is 30.8 Å². The topological polar surface area (TPSA) is 101 Å². The third kappa shape index (κ3) is 3.44. The number of hydrogen-bond donors (Lipinski definition) is 0. The maximum Gasteiger partial charge on any atom is 0.338 e. The number of ether oxygens (including phenoxy) is 1. The second-order valence-electron chi connectivity index (χ2n) is 6.57. The van der Waals surface area contributed by atoms with E-state index in [2.05, 4.69) is 0 Å². The SMILES string of the molecule is C[C@@H]1Cc2cc(C(=O)OCC(=O)N3CCCC3=O)ccc2N1S(C)(=O)=O. The molecule has 0 N–H and O–H groups in total. The monoisotopic (exact) mass is 380 g/mol. The molecule has 26 heavy (non-hydrogen) atoms. The Kier molecular flexibility index (Phi) is 4.74. The molecule has 2 heterocycles. The fourth-order valence-corrected chi connectivity index (χ4v) is 4.70. The molecule has 2 aliphatic rings. The third-order valence-corrected chi connectivity index (χ3v) is 5.80. The summed E-state index contributed by atoms with van der Waals surface area (Å²) in [7, 11) is -3.40. The smallest absolute Gasteiger partial charge is 0.338 e. The summed E-state index contributed by atoms with van der Waals surface area (Å²) in [6, 6.07) is 4.41. The molecule has 0 aliphatic carbocycles. The summed E-state index contributed by atoms with van der Waals surface area (Å²) in [5, 5.41) is 0. The Morgan fingerprint density at radius 3 is 2.65 bits per heavy atom. The van der Waals surface area contributed by atoms with Gasteiger partial charge in [0.05, 0.1) is 17.5 Å². The van der Waals surface area contributed by atoms with Gasteiger partial charge in [0, 0.05) is 19.0 Å². The van der Waals surface area contributed by atoms with Crippen molar-refractivity contribution >= 4 is 33.5 Å². The first-order chi connectivity index (χ1) is 12.2. The van der Waals surface area contributed by atoms with E-state index >= 15 is 0 Å². The number of rotatable bonds is 4. The molecule has 0 aromatic heterocycles. The Morgan fingerprint density at radius 1 is 1.31 bits per heavy atom. The molecule has 2 amide bonds. The molecule has 1 fully saturated rings. The van der Waals surface area contributed by atoms with Gasteiger partial charge in [-0.15, -0.1) is 0 Å². The van der Waals surface area contributed by atoms with Crippen LogP contribution in [0.5, 0.6) is 0 Å². The largest absolute Gasteiger partial charge is 0.452 e. The number of esters is 1. The molecular formula is C17H20N2O6S. The quantitative estimate of drug-likeness (QED) is 0.713. The van der Waals surface area contributed by atoms with E-state index in [9.17, 15) is 22.8 Å². The lowest BCUT2D eigenvalue weighted by atomic mass is 10.1. The average Bonchev–Trinajstić information content (AvgIpc) is 3.13. The summed E-state index contributed by atoms with van der Waals surface area (Å²) >= 11 is 0. The molecule has 0 bridgehead atoms. The maximum atomic E-state index is 12.2. The Morgan fingerprint density at radius 2 is 2.04 bits per heavy atom. The van der Waals surface area contributed by atoms with Crippen LogP contribution in [0.2, 0.25) is 0 Å². The lowest BCUT2D eigenvalue weighted by Gasteiger charge is -2.21. The van der Waals surface area contributed by atoms with Gasteiger partial charge in [-0.25, -0.2) is 13.2 Å². The minimum absolute atomic E-state index is 0.228. The molecule has 1 saturated heterocycles. The number of sulfonamides is 1. The maximum absolute atomic E-state index is 12.2. The Bertz CT molecular complexity index is 879. The number of carbonyl (C=O) groups excluding carboxylic acids is 3. The van der Waals surface area contributed by atoms with Crippen LogP contribution in [0.25, 0.3) is 0 Å². The molecule has 9 heteroatoms. The van der Waals surface area contributed by atoms with Crippen molar-refractivity contribution in [2.24, 2.45) is 0 Å². The Hall–Kier alpha value is -2.42. The highest BCUT2D eigenvalue weighted by Gasteiger charge is 2.33. The second kappa shape index (κ2) is 6.71. The highest BCUT2D eigenvalue weighted by molar-refractivity contribution is 7.92. The highest BCUT2D eigenvalue weighted by Crippen LogP contribution is 2.34. The molecule has 0 saturated carbocycles. The van der Waals surface area contributed by atoms with Gasteiger partial charge in [0.25, 0.3) is 5.91 Å². The van der Waals surface area contributed by atoms with Gasteiger partial charge in [-0.1, -0.05) is 0 Å². The lowest BCUT2D eigenvalue weighted by molar-refractivity contribution is -0.143. The summed E-state index contributed by atoms with van der Waals surface area (Å²) < 4.78 is 30.2. The van der Waals surface area contributed by atoms with Gasteiger partial charge in [-0.3, -0.25) is 18.8 Å². The number of likely N-dealkylation sites (tertiary alicyclic amines) is 1. The molecular weight excluding hydrogens is 360 g/mol. The molecule has 140 valence electrons. The van der Waals surface area contributed by atoms with Crippen LogP contribution in [0.15, 0.2) is 18.2 Å². The van der Waals surface area contributed by atoms with Crippen molar-refractivity contribution in [3.63, 3.8) is 0 Å². The van der Waals surface area contributed by atoms with E-state index in [1.54, 1.807) is 19.1 Å². The fourth-order valence-electron chi connectivity index (χ4n) is 3.44. The fraction of sp³-hybridized carbons (Fsp3) is 0.471. The van der Waals surface area contributed by atoms with E-state index in [0.29, 0.717) is 31.5 Å². The van der Waals surface area contributed by atoms with Gasteiger partial charge < -0.3 is 4.74 Å². The van der Waals surface area contributed by atoms with Crippen molar-refractivity contribution in [1.82, 2.24) is 4.90 Å². The number of imide groups is 1. The first-order valence-electron chi connectivity index (χ1n) is 8.31. The van der Waals surface area contributed by atoms with Crippen molar-refractivity contribution < 1.29 is 27.5 Å². The average molecular weight is 380 g/mol. The van der Waals surface area contributed by atoms with Crippen LogP contribution in [0, 0.1) is 0 Å². The van der Waals surface area contributed by atoms with Crippen LogP contribution in [-0.4, -0.2) is 56.6 Å². The number of nitrogens with zero attached hydrogens (tertiary/aromatic N) is 2. The van der Waals surface area contributed by atoms with E-state index < -0.39 is 28.5 Å². The molecule has 0 unspecified atom stereocenters. The number of benzene rings is 1. The summed E-state index contributed by atoms with van der Waals surface area (Å²) in [6.45, 7) is 1.66. The molecule has 0 spiro atoms. The lowest BCUT2D eigenvalue weighted by Crippen LogP contribution is -2.35. The molecule has 2 aliphatic heterocycles. The minimum Gasteiger partial charge on any atom is -0.452 e. The van der Waals surface area contributed by atoms with Gasteiger partial charge in [-0.05, 0) is 43.5 Å². The van der Waals surface area contributed by atoms with E-state index in [4.69, 9.17) is 4.74 Å². The zero-order valence-corrected chi connectivity index (χ0v) is 15.4. The van der Waals surface area contributed by atoms with Gasteiger partial charge in [0.15, 0.2) is 6.61 Å². The van der Waals surface area contributed by atoms with Gasteiger partial charge in [0.1, 0.15) is 0 Å². The number of hydrogen-bond acceptors (Lipinski definition) is 6. The van der Waals surface area contributed by atoms with Crippen LogP contribution in [0.3, 0.4) is 0 Å². The summed E-state index contributed by atoms with van der Waals surface area (Å²) in [6.07, 6.45) is 2.59. The van der Waals surface area contributed by atoms with Crippen molar-refractivity contribution in [3.05, 3.63) is 29.3 Å². The van der Waals surface area contributed by atoms with Crippen molar-refractivity contribution in [2.75, 3.05) is 23.7 Å². The van der Waals surface area contributed by atoms with Crippen molar-refractivity contribution in [1.29, 1.82) is 0 Å². The highest BCUT2D eigenvalue weighted by atomic mass is 32.2. The predicted octanol–water partition coefficient (Wildman–Crippen LogP) is 0.703. The second-order valence-corrected chi connectivity index (χ2v) is 8.43. The minimum atomic E-state index is -3.40. The molecule has 1 aromatic carbocycles. The zero-order valence-electron chi connectivity index (χ0n) is 14.6. The molecule has 3 rings (SSSR count). The first-order valence-corrected chi connectivity index (χ1v) is 10.2. The van der Waals surface area contributed by atoms with Crippen LogP contribution in [0.4, 0.5) is 5.69 Å². The van der Waals surface area contributed by atoms with Crippen LogP contribution < -0.4 is 4.31 Å². The van der Waals surface area contributed by atoms with Crippen molar-refractivity contribution in [2.45, 2.75) is 32.2 Å². The normalized spacial score (nSPS) is 19.6. The summed E-state index contributed by atoms with van der Waals surface area (Å²) in [5.74, 6) is -1.46. The van der Waals surface area contributed by atoms with E-state index in [1.807, 2.05) is 0 Å². The first kappa shape index (κ1) is 18.4. The Labute approximate surface area is 151 Å². The predicted molar refractivity (Wildman–Crippen MR) is 93.2 cm³/mol. The van der Waals surface area contributed by atoms with E-state index in [-0.39, 0.29) is 17.5 Å². The Balaban J connectivity index is 1.69. The van der Waals surface area contributed by atoms with Gasteiger partial charge in [-0.2, -0.15) is 0 Å². The number of fused-ring (bicyclic) bond motifs is 1. The molecule has 0 radical (unpaired) electrons. The number of amides is 2. The van der Waals surface area contributed by atoms with Gasteiger partial charge >= 0.3 is 5.97 Å².